The van der Waals surface area contributed by atoms with Crippen molar-refractivity contribution >= 4 is 0 Å². The van der Waals surface area contributed by atoms with Crippen LogP contribution in [0.1, 0.15) is 58.8 Å². The minimum Gasteiger partial charge on any atom is -0.391 e. The number of aliphatic hydroxyl groups excluding tert-OH is 1. The van der Waals surface area contributed by atoms with Crippen LogP contribution in [0.5, 0.6) is 0 Å². The van der Waals surface area contributed by atoms with Gasteiger partial charge in [0, 0.05) is 6.42 Å². The molecule has 1 aliphatic heterocycles. The lowest BCUT2D eigenvalue weighted by Gasteiger charge is -2.18. The molecule has 0 aromatic carbocycles. The molecule has 3 atom stereocenters. The van der Waals surface area contributed by atoms with Gasteiger partial charge < -0.3 is 20.1 Å². The highest BCUT2D eigenvalue weighted by atomic mass is 16.8. The Labute approximate surface area is 104 Å². The number of hydrogen-bond acceptors (Lipinski definition) is 4. The minimum absolute atomic E-state index is 0.358. The summed E-state index contributed by atoms with van der Waals surface area (Å²) in [5.41, 5.74) is 0. The Kier molecular flexibility index (Phi) is 5.38. The fourth-order valence-corrected chi connectivity index (χ4v) is 2.44. The maximum absolute atomic E-state index is 9.97. The maximum Gasteiger partial charge on any atom is 0.247 e. The molecule has 0 saturated carbocycles. The Morgan fingerprint density at radius 3 is 2.18 bits per heavy atom. The molecule has 0 radical (unpaired) electrons. The standard InChI is InChI=1S/C13H26O4/c1-3-5-6-8-11(7-4-2)9-12(15)13(16,10-14)17-12/h11,14-16H,3-10H2,1-2H3. The van der Waals surface area contributed by atoms with Gasteiger partial charge in [-0.2, -0.15) is 0 Å². The first-order valence-electron chi connectivity index (χ1n) is 6.77. The van der Waals surface area contributed by atoms with Crippen molar-refractivity contribution in [1.29, 1.82) is 0 Å². The van der Waals surface area contributed by atoms with Gasteiger partial charge in [0.1, 0.15) is 6.61 Å². The average molecular weight is 246 g/mol. The first kappa shape index (κ1) is 14.9. The number of unbranched alkanes of at least 4 members (excludes halogenated alkanes) is 2. The van der Waals surface area contributed by atoms with E-state index in [-0.39, 0.29) is 0 Å². The topological polar surface area (TPSA) is 73.2 Å². The zero-order valence-corrected chi connectivity index (χ0v) is 11.0. The Balaban J connectivity index is 2.39. The van der Waals surface area contributed by atoms with Crippen molar-refractivity contribution in [2.45, 2.75) is 70.4 Å². The van der Waals surface area contributed by atoms with Crippen molar-refractivity contribution in [2.24, 2.45) is 5.92 Å². The monoisotopic (exact) mass is 246 g/mol. The molecule has 0 amide bonds. The van der Waals surface area contributed by atoms with Crippen LogP contribution in [0.15, 0.2) is 0 Å². The first-order chi connectivity index (χ1) is 8.01. The molecule has 0 aromatic rings. The first-order valence-corrected chi connectivity index (χ1v) is 6.77. The number of rotatable bonds is 9. The van der Waals surface area contributed by atoms with Gasteiger partial charge in [-0.25, -0.2) is 0 Å². The molecule has 4 nitrogen and oxygen atoms in total. The van der Waals surface area contributed by atoms with E-state index in [1.807, 2.05) is 0 Å². The molecular weight excluding hydrogens is 220 g/mol. The third-order valence-electron chi connectivity index (χ3n) is 3.60. The molecule has 0 aromatic heterocycles. The highest BCUT2D eigenvalue weighted by Crippen LogP contribution is 2.48. The van der Waals surface area contributed by atoms with Crippen LogP contribution in [0.2, 0.25) is 0 Å². The van der Waals surface area contributed by atoms with Crippen molar-refractivity contribution in [3.8, 4) is 0 Å². The highest BCUT2D eigenvalue weighted by molar-refractivity contribution is 5.00. The number of aliphatic hydroxyl groups is 3. The normalized spacial score (nSPS) is 33.7. The number of epoxide rings is 1. The molecule has 4 heteroatoms. The van der Waals surface area contributed by atoms with Gasteiger partial charge >= 0.3 is 0 Å². The molecule has 1 heterocycles. The van der Waals surface area contributed by atoms with E-state index >= 15 is 0 Å². The summed E-state index contributed by atoms with van der Waals surface area (Å²) >= 11 is 0. The minimum atomic E-state index is -1.72. The zero-order chi connectivity index (χ0) is 12.9. The fourth-order valence-electron chi connectivity index (χ4n) is 2.44. The Morgan fingerprint density at radius 2 is 1.71 bits per heavy atom. The van der Waals surface area contributed by atoms with Crippen LogP contribution in [0.25, 0.3) is 0 Å². The summed E-state index contributed by atoms with van der Waals surface area (Å²) in [5, 5.41) is 28.5. The van der Waals surface area contributed by atoms with Crippen molar-refractivity contribution in [3.63, 3.8) is 0 Å². The Bertz CT molecular complexity index is 233. The van der Waals surface area contributed by atoms with Gasteiger partial charge in [-0.3, -0.25) is 0 Å². The molecule has 17 heavy (non-hydrogen) atoms. The van der Waals surface area contributed by atoms with Crippen LogP contribution >= 0.6 is 0 Å². The molecule has 0 aliphatic carbocycles. The summed E-state index contributed by atoms with van der Waals surface area (Å²) in [4.78, 5) is 0. The van der Waals surface area contributed by atoms with E-state index in [1.165, 1.54) is 12.8 Å². The molecule has 3 unspecified atom stereocenters. The summed E-state index contributed by atoms with van der Waals surface area (Å²) in [6, 6.07) is 0. The van der Waals surface area contributed by atoms with E-state index in [9.17, 15) is 10.2 Å². The van der Waals surface area contributed by atoms with Crippen LogP contribution in [-0.2, 0) is 4.74 Å². The van der Waals surface area contributed by atoms with Gasteiger partial charge in [-0.15, -0.1) is 0 Å². The van der Waals surface area contributed by atoms with Crippen LogP contribution in [-0.4, -0.2) is 33.5 Å². The van der Waals surface area contributed by atoms with E-state index in [1.54, 1.807) is 0 Å². The second kappa shape index (κ2) is 6.14. The predicted octanol–water partition coefficient (Wildman–Crippen LogP) is 1.77. The summed E-state index contributed by atoms with van der Waals surface area (Å²) in [6.45, 7) is 3.73. The molecule has 0 spiro atoms. The summed E-state index contributed by atoms with van der Waals surface area (Å²) in [6.07, 6.45) is 7.08. The van der Waals surface area contributed by atoms with E-state index in [0.29, 0.717) is 12.3 Å². The van der Waals surface area contributed by atoms with Crippen LogP contribution in [0, 0.1) is 5.92 Å². The second-order valence-electron chi connectivity index (χ2n) is 5.18. The van der Waals surface area contributed by atoms with Gasteiger partial charge in [0.05, 0.1) is 0 Å². The maximum atomic E-state index is 9.97. The van der Waals surface area contributed by atoms with Crippen LogP contribution in [0.4, 0.5) is 0 Å². The van der Waals surface area contributed by atoms with Gasteiger partial charge in [-0.05, 0) is 5.92 Å². The Hall–Kier alpha value is -0.160. The molecule has 102 valence electrons. The van der Waals surface area contributed by atoms with E-state index < -0.39 is 18.2 Å². The van der Waals surface area contributed by atoms with Gasteiger partial charge in [0.25, 0.3) is 0 Å². The molecule has 1 rings (SSSR count). The van der Waals surface area contributed by atoms with E-state index in [2.05, 4.69) is 13.8 Å². The molecule has 1 saturated heterocycles. The van der Waals surface area contributed by atoms with E-state index in [4.69, 9.17) is 9.84 Å². The lowest BCUT2D eigenvalue weighted by molar-refractivity contribution is -0.0284. The van der Waals surface area contributed by atoms with Crippen molar-refractivity contribution in [3.05, 3.63) is 0 Å². The van der Waals surface area contributed by atoms with Gasteiger partial charge in [0.15, 0.2) is 0 Å². The van der Waals surface area contributed by atoms with Crippen molar-refractivity contribution in [1.82, 2.24) is 0 Å². The van der Waals surface area contributed by atoms with Crippen LogP contribution in [0.3, 0.4) is 0 Å². The SMILES string of the molecule is CCCCCC(CCC)CC1(O)OC1(O)CO. The van der Waals surface area contributed by atoms with E-state index in [0.717, 1.165) is 25.7 Å². The Morgan fingerprint density at radius 1 is 1.00 bits per heavy atom. The molecule has 3 N–H and O–H groups in total. The lowest BCUT2D eigenvalue weighted by Crippen LogP contribution is -2.31. The lowest BCUT2D eigenvalue weighted by atomic mass is 9.89. The summed E-state index contributed by atoms with van der Waals surface area (Å²) in [7, 11) is 0. The van der Waals surface area contributed by atoms with Crippen molar-refractivity contribution in [2.75, 3.05) is 6.61 Å². The zero-order valence-electron chi connectivity index (χ0n) is 11.0. The van der Waals surface area contributed by atoms with Gasteiger partial charge in [-0.1, -0.05) is 52.4 Å². The highest BCUT2D eigenvalue weighted by Gasteiger charge is 2.69. The smallest absolute Gasteiger partial charge is 0.247 e. The third kappa shape index (κ3) is 3.65. The summed E-state index contributed by atoms with van der Waals surface area (Å²) < 4.78 is 4.89. The van der Waals surface area contributed by atoms with Crippen LogP contribution < -0.4 is 0 Å². The van der Waals surface area contributed by atoms with Gasteiger partial charge in [0.2, 0.25) is 11.6 Å². The summed E-state index contributed by atoms with van der Waals surface area (Å²) in [5.74, 6) is -2.88. The largest absolute Gasteiger partial charge is 0.391 e. The quantitative estimate of drug-likeness (QED) is 0.428. The predicted molar refractivity (Wildman–Crippen MR) is 65.2 cm³/mol. The molecular formula is C13H26O4. The fraction of sp³-hybridized carbons (Fsp3) is 1.00. The second-order valence-corrected chi connectivity index (χ2v) is 5.18. The third-order valence-corrected chi connectivity index (χ3v) is 3.60. The molecule has 1 aliphatic rings. The number of ether oxygens (including phenoxy) is 1. The number of hydrogen-bond donors (Lipinski definition) is 3. The van der Waals surface area contributed by atoms with Crippen molar-refractivity contribution < 1.29 is 20.1 Å². The molecule has 1 fully saturated rings. The average Bonchev–Trinajstić information content (AvgIpc) is 2.82. The molecule has 0 bridgehead atoms.